The summed E-state index contributed by atoms with van der Waals surface area (Å²) >= 11 is 1.90. The second-order valence-electron chi connectivity index (χ2n) is 18.2. The maximum absolute atomic E-state index is 5.21. The molecule has 0 N–H and O–H groups in total. The Morgan fingerprint density at radius 3 is 1.39 bits per heavy atom. The average Bonchev–Trinajstić information content (AvgIpc) is 3.73. The maximum atomic E-state index is 5.21. The van der Waals surface area contributed by atoms with Gasteiger partial charge >= 0.3 is 0 Å². The summed E-state index contributed by atoms with van der Waals surface area (Å²) in [5.74, 6) is 0.687. The lowest BCUT2D eigenvalue weighted by Gasteiger charge is -2.52. The average molecular weight is 896 g/mol. The molecule has 3 heterocycles. The van der Waals surface area contributed by atoms with E-state index in [1.165, 1.54) is 71.0 Å². The lowest BCUT2D eigenvalue weighted by Crippen LogP contribution is -2.45. The maximum Gasteiger partial charge on any atom is 0.160 e. The molecule has 0 saturated carbocycles. The summed E-state index contributed by atoms with van der Waals surface area (Å²) in [6, 6.07) is 88.8. The van der Waals surface area contributed by atoms with Crippen LogP contribution in [0.2, 0.25) is 0 Å². The van der Waals surface area contributed by atoms with Crippen LogP contribution in [0, 0.1) is 0 Å². The van der Waals surface area contributed by atoms with Gasteiger partial charge < -0.3 is 0 Å². The number of aromatic nitrogens is 3. The fourth-order valence-corrected chi connectivity index (χ4v) is 13.2. The minimum absolute atomic E-state index is 0.484. The van der Waals surface area contributed by atoms with Crippen molar-refractivity contribution in [2.75, 3.05) is 0 Å². The highest BCUT2D eigenvalue weighted by Crippen LogP contribution is 2.67. The summed E-state index contributed by atoms with van der Waals surface area (Å²) in [5.41, 5.74) is 21.3. The molecule has 0 saturated heterocycles. The van der Waals surface area contributed by atoms with Crippen molar-refractivity contribution in [3.63, 3.8) is 0 Å². The van der Waals surface area contributed by atoms with E-state index in [-0.39, 0.29) is 0 Å². The van der Waals surface area contributed by atoms with Crippen LogP contribution in [0.25, 0.3) is 67.4 Å². The quantitative estimate of drug-likeness (QED) is 0.173. The fraction of sp³-hybridized carbons (Fsp3) is 0.0308. The summed E-state index contributed by atoms with van der Waals surface area (Å²) in [7, 11) is 0. The molecule has 0 unspecified atom stereocenters. The van der Waals surface area contributed by atoms with Gasteiger partial charge in [-0.15, -0.1) is 0 Å². The van der Waals surface area contributed by atoms with Gasteiger partial charge in [0.15, 0.2) is 5.82 Å². The van der Waals surface area contributed by atoms with Crippen LogP contribution in [0.4, 0.5) is 0 Å². The zero-order valence-electron chi connectivity index (χ0n) is 37.4. The lowest BCUT2D eigenvalue weighted by atomic mass is 9.51. The lowest BCUT2D eigenvalue weighted by molar-refractivity contribution is 0.606. The molecule has 2 spiro atoms. The molecule has 11 aromatic rings. The summed E-state index contributed by atoms with van der Waals surface area (Å²) in [6.45, 7) is 0. The second kappa shape index (κ2) is 15.6. The second-order valence-corrected chi connectivity index (χ2v) is 19.2. The van der Waals surface area contributed by atoms with Crippen LogP contribution in [-0.2, 0) is 10.8 Å². The topological polar surface area (TPSA) is 38.7 Å². The fourth-order valence-electron chi connectivity index (χ4n) is 11.9. The highest BCUT2D eigenvalue weighted by Gasteiger charge is 2.58. The van der Waals surface area contributed by atoms with Crippen molar-refractivity contribution in [2.24, 2.45) is 0 Å². The van der Waals surface area contributed by atoms with Gasteiger partial charge in [0.2, 0.25) is 0 Å². The van der Waals surface area contributed by atoms with Crippen LogP contribution in [0.3, 0.4) is 0 Å². The van der Waals surface area contributed by atoms with Crippen LogP contribution >= 0.6 is 11.8 Å². The molecule has 2 aromatic heterocycles. The minimum atomic E-state index is -0.586. The van der Waals surface area contributed by atoms with Gasteiger partial charge in [-0.05, 0) is 97.1 Å². The molecule has 4 heteroatoms. The Balaban J connectivity index is 0.941. The Morgan fingerprint density at radius 1 is 0.290 bits per heavy atom. The molecule has 1 aliphatic heterocycles. The minimum Gasteiger partial charge on any atom is -0.256 e. The smallest absolute Gasteiger partial charge is 0.160 e. The molecular weight excluding hydrogens is 855 g/mol. The van der Waals surface area contributed by atoms with Gasteiger partial charge in [-0.1, -0.05) is 224 Å². The molecule has 9 aromatic carbocycles. The normalized spacial score (nSPS) is 14.0. The molecule has 2 aliphatic carbocycles. The molecule has 0 radical (unpaired) electrons. The van der Waals surface area contributed by atoms with E-state index in [9.17, 15) is 0 Å². The van der Waals surface area contributed by atoms with Crippen LogP contribution in [-0.4, -0.2) is 15.0 Å². The Morgan fingerprint density at radius 2 is 0.754 bits per heavy atom. The van der Waals surface area contributed by atoms with Crippen LogP contribution in [0.1, 0.15) is 44.5 Å². The summed E-state index contributed by atoms with van der Waals surface area (Å²) < 4.78 is 0. The molecule has 3 nitrogen and oxygen atoms in total. The summed E-state index contributed by atoms with van der Waals surface area (Å²) in [4.78, 5) is 17.5. The number of rotatable bonds is 5. The Kier molecular flexibility index (Phi) is 8.95. The van der Waals surface area contributed by atoms with Crippen LogP contribution < -0.4 is 0 Å². The number of hydrogen-bond donors (Lipinski definition) is 0. The SMILES string of the molecule is c1ccc(-c2nc(-c3ccc(-c4cccc5c4Sc4ccccc4C54c5ccccc5C5(c6ccccc6-c6ccccc65)c5ccccc54)cc3)cc(-c3cccc(-c4ccccn4)c3)n2)cc1. The standard InChI is InChI=1S/C65H41N3S/c1-2-18-44(19-3-1)63-67-59(41-60(68-63)46-21-16-20-45(40-46)58-33-14-15-39-66-58)43-37-35-42(36-38-43)47-24-17-32-57-62(47)69-61-34-13-12-31-56(61)65(57)54-29-10-8-27-52(54)64(53-28-9-11-30-55(53)65)50-25-6-4-22-48(50)49-23-5-7-26-51(49)64/h1-41H. The first-order chi connectivity index (χ1) is 34.2. The first-order valence-electron chi connectivity index (χ1n) is 23.6. The predicted molar refractivity (Wildman–Crippen MR) is 280 cm³/mol. The van der Waals surface area contributed by atoms with E-state index in [1.807, 2.05) is 54.4 Å². The van der Waals surface area contributed by atoms with Crippen LogP contribution in [0.5, 0.6) is 0 Å². The van der Waals surface area contributed by atoms with Crippen molar-refractivity contribution >= 4 is 11.8 Å². The van der Waals surface area contributed by atoms with E-state index in [1.54, 1.807) is 0 Å². The van der Waals surface area contributed by atoms with Crippen molar-refractivity contribution in [1.29, 1.82) is 0 Å². The zero-order valence-corrected chi connectivity index (χ0v) is 38.2. The van der Waals surface area contributed by atoms with Crippen LogP contribution in [0.15, 0.2) is 259 Å². The van der Waals surface area contributed by atoms with Crippen molar-refractivity contribution in [1.82, 2.24) is 15.0 Å². The number of benzene rings is 9. The Hall–Kier alpha value is -8.44. The van der Waals surface area contributed by atoms with Gasteiger partial charge in [-0.25, -0.2) is 9.97 Å². The molecule has 3 aliphatic rings. The zero-order chi connectivity index (χ0) is 45.5. The molecule has 0 amide bonds. The number of nitrogens with zero attached hydrogens (tertiary/aromatic N) is 3. The molecule has 0 fully saturated rings. The number of fused-ring (bicyclic) bond motifs is 15. The van der Waals surface area contributed by atoms with E-state index >= 15 is 0 Å². The third-order valence-corrected chi connectivity index (χ3v) is 15.9. The summed E-state index contributed by atoms with van der Waals surface area (Å²) in [5, 5.41) is 0. The third-order valence-electron chi connectivity index (χ3n) is 14.7. The number of pyridine rings is 1. The van der Waals surface area contributed by atoms with E-state index in [0.717, 1.165) is 44.9 Å². The van der Waals surface area contributed by atoms with E-state index in [2.05, 4.69) is 211 Å². The Bertz CT molecular complexity index is 3730. The molecule has 0 atom stereocenters. The highest BCUT2D eigenvalue weighted by molar-refractivity contribution is 7.99. The first-order valence-corrected chi connectivity index (χ1v) is 24.4. The molecule has 14 rings (SSSR count). The van der Waals surface area contributed by atoms with E-state index in [4.69, 9.17) is 9.97 Å². The summed E-state index contributed by atoms with van der Waals surface area (Å²) in [6.07, 6.45) is 1.83. The van der Waals surface area contributed by atoms with Gasteiger partial charge in [0, 0.05) is 38.2 Å². The number of hydrogen-bond acceptors (Lipinski definition) is 4. The molecule has 0 bridgehead atoms. The van der Waals surface area contributed by atoms with Crippen molar-refractivity contribution in [3.8, 4) is 67.4 Å². The van der Waals surface area contributed by atoms with Gasteiger partial charge in [0.1, 0.15) is 0 Å². The molecule has 69 heavy (non-hydrogen) atoms. The first kappa shape index (κ1) is 39.7. The van der Waals surface area contributed by atoms with E-state index < -0.39 is 10.8 Å². The van der Waals surface area contributed by atoms with Gasteiger partial charge in [-0.3, -0.25) is 4.98 Å². The molecular formula is C65H41N3S. The van der Waals surface area contributed by atoms with Crippen molar-refractivity contribution in [3.05, 3.63) is 293 Å². The predicted octanol–water partition coefficient (Wildman–Crippen LogP) is 15.7. The Labute approximate surface area is 405 Å². The molecule has 322 valence electrons. The largest absolute Gasteiger partial charge is 0.256 e. The van der Waals surface area contributed by atoms with Crippen molar-refractivity contribution in [2.45, 2.75) is 20.6 Å². The van der Waals surface area contributed by atoms with Gasteiger partial charge in [0.25, 0.3) is 0 Å². The van der Waals surface area contributed by atoms with Crippen molar-refractivity contribution < 1.29 is 0 Å². The van der Waals surface area contributed by atoms with E-state index in [0.29, 0.717) is 5.82 Å². The van der Waals surface area contributed by atoms with Gasteiger partial charge in [-0.2, -0.15) is 0 Å². The van der Waals surface area contributed by atoms with Gasteiger partial charge in [0.05, 0.1) is 27.9 Å². The third kappa shape index (κ3) is 5.79. The highest BCUT2D eigenvalue weighted by atomic mass is 32.2. The monoisotopic (exact) mass is 895 g/mol.